The number of hydrogen-bond acceptors (Lipinski definition) is 3. The van der Waals surface area contributed by atoms with E-state index in [1.54, 1.807) is 11.9 Å². The van der Waals surface area contributed by atoms with E-state index >= 15 is 0 Å². The number of fused-ring (bicyclic) bond motifs is 1. The highest BCUT2D eigenvalue weighted by Gasteiger charge is 2.37. The van der Waals surface area contributed by atoms with E-state index in [0.29, 0.717) is 15.5 Å². The number of hydrogen-bond donors (Lipinski definition) is 0. The highest BCUT2D eigenvalue weighted by atomic mass is 79.9. The maximum absolute atomic E-state index is 12.7. The van der Waals surface area contributed by atoms with Gasteiger partial charge in [-0.05, 0) is 25.1 Å². The van der Waals surface area contributed by atoms with E-state index in [-0.39, 0.29) is 11.8 Å². The second-order valence-electron chi connectivity index (χ2n) is 5.92. The molecule has 2 aromatic rings. The number of anilines is 1. The predicted molar refractivity (Wildman–Crippen MR) is 105 cm³/mol. The molecule has 4 nitrogen and oxygen atoms in total. The van der Waals surface area contributed by atoms with Gasteiger partial charge in [0.2, 0.25) is 0 Å². The number of nitrogens with zero attached hydrogens (tertiary/aromatic N) is 2. The lowest BCUT2D eigenvalue weighted by Gasteiger charge is -2.08. The molecule has 2 heterocycles. The van der Waals surface area contributed by atoms with Crippen LogP contribution in [0.15, 0.2) is 56.8 Å². The second kappa shape index (κ2) is 5.97. The molecule has 0 bridgehead atoms. The third kappa shape index (κ3) is 2.65. The van der Waals surface area contributed by atoms with Crippen molar-refractivity contribution in [2.24, 2.45) is 4.99 Å². The first-order chi connectivity index (χ1) is 12.0. The molecular weight excluding hydrogens is 400 g/mol. The number of halogens is 1. The largest absolute Gasteiger partial charge is 0.311 e. The summed E-state index contributed by atoms with van der Waals surface area (Å²) in [6.45, 7) is 2.01. The molecule has 0 fully saturated rings. The van der Waals surface area contributed by atoms with Crippen LogP contribution in [-0.2, 0) is 9.59 Å². The summed E-state index contributed by atoms with van der Waals surface area (Å²) in [5.41, 5.74) is 4.02. The first-order valence-corrected chi connectivity index (χ1v) is 9.27. The molecule has 0 unspecified atom stereocenters. The van der Waals surface area contributed by atoms with Crippen LogP contribution in [0.3, 0.4) is 0 Å². The second-order valence-corrected chi connectivity index (χ2v) is 7.83. The fraction of sp³-hybridized carbons (Fsp3) is 0.105. The van der Waals surface area contributed by atoms with Crippen LogP contribution in [0.25, 0.3) is 5.57 Å². The van der Waals surface area contributed by atoms with E-state index in [0.717, 1.165) is 26.9 Å². The molecule has 25 heavy (non-hydrogen) atoms. The van der Waals surface area contributed by atoms with Crippen LogP contribution in [0, 0.1) is 6.92 Å². The predicted octanol–water partition coefficient (Wildman–Crippen LogP) is 4.17. The Hall–Kier alpha value is -2.18. The van der Waals surface area contributed by atoms with Crippen LogP contribution in [0.5, 0.6) is 0 Å². The molecule has 4 rings (SSSR count). The lowest BCUT2D eigenvalue weighted by molar-refractivity contribution is -0.115. The Balaban J connectivity index is 1.80. The Morgan fingerprint density at radius 1 is 1.08 bits per heavy atom. The summed E-state index contributed by atoms with van der Waals surface area (Å²) in [5.74, 6) is -0.533. The van der Waals surface area contributed by atoms with Crippen molar-refractivity contribution in [1.29, 1.82) is 0 Å². The number of amides is 2. The Bertz CT molecular complexity index is 993. The molecule has 0 aliphatic carbocycles. The van der Waals surface area contributed by atoms with Gasteiger partial charge in [0.25, 0.3) is 11.8 Å². The number of likely N-dealkylation sites (N-methyl/N-ethyl adjacent to an activating group) is 1. The average molecular weight is 413 g/mol. The number of rotatable bonds is 1. The average Bonchev–Trinajstić information content (AvgIpc) is 3.07. The van der Waals surface area contributed by atoms with Crippen molar-refractivity contribution in [1.82, 2.24) is 0 Å². The van der Waals surface area contributed by atoms with Gasteiger partial charge >= 0.3 is 0 Å². The van der Waals surface area contributed by atoms with Gasteiger partial charge in [-0.1, -0.05) is 57.5 Å². The molecule has 0 aromatic heterocycles. The van der Waals surface area contributed by atoms with Crippen LogP contribution in [-0.4, -0.2) is 23.9 Å². The zero-order chi connectivity index (χ0) is 17.7. The van der Waals surface area contributed by atoms with Gasteiger partial charge in [0, 0.05) is 22.6 Å². The molecule has 2 amide bonds. The maximum Gasteiger partial charge on any atom is 0.285 e. The molecular formula is C19H13BrN2O2S. The zero-order valence-corrected chi connectivity index (χ0v) is 15.9. The molecule has 0 radical (unpaired) electrons. The number of aliphatic imine (C=N–C) groups is 1. The van der Waals surface area contributed by atoms with Gasteiger partial charge in [-0.2, -0.15) is 0 Å². The Labute approximate surface area is 157 Å². The van der Waals surface area contributed by atoms with E-state index < -0.39 is 0 Å². The number of aryl methyl sites for hydroxylation is 1. The normalized spacial score (nSPS) is 19.5. The molecule has 2 aliphatic rings. The summed E-state index contributed by atoms with van der Waals surface area (Å²) >= 11 is 4.71. The van der Waals surface area contributed by atoms with Crippen LogP contribution >= 0.6 is 27.7 Å². The van der Waals surface area contributed by atoms with Crippen LogP contribution in [0.4, 0.5) is 5.69 Å². The van der Waals surface area contributed by atoms with E-state index in [1.165, 1.54) is 11.8 Å². The van der Waals surface area contributed by atoms with Gasteiger partial charge in [0.1, 0.15) is 5.04 Å². The Morgan fingerprint density at radius 3 is 2.52 bits per heavy atom. The summed E-state index contributed by atoms with van der Waals surface area (Å²) in [4.78, 5) is 31.4. The summed E-state index contributed by atoms with van der Waals surface area (Å²) in [7, 11) is 1.72. The van der Waals surface area contributed by atoms with Gasteiger partial charge < -0.3 is 4.90 Å². The van der Waals surface area contributed by atoms with Crippen molar-refractivity contribution < 1.29 is 9.59 Å². The smallest absolute Gasteiger partial charge is 0.285 e. The molecule has 2 aromatic carbocycles. The van der Waals surface area contributed by atoms with E-state index in [9.17, 15) is 9.59 Å². The summed E-state index contributed by atoms with van der Waals surface area (Å²) in [5, 5.41) is 0.631. The fourth-order valence-corrected chi connectivity index (χ4v) is 4.27. The number of carbonyl (C=O) groups is 2. The van der Waals surface area contributed by atoms with Gasteiger partial charge in [-0.25, -0.2) is 4.99 Å². The molecule has 0 saturated carbocycles. The summed E-state index contributed by atoms with van der Waals surface area (Å²) in [6.07, 6.45) is 0. The minimum absolute atomic E-state index is 0.177. The standard InChI is InChI=1S/C19H13BrN2O2S/c1-10-3-5-11(6-4-10)18-21-17(23)16(25-18)15-13-9-12(20)7-8-14(13)22(2)19(15)24/h3-9H,1-2H3. The molecule has 6 heteroatoms. The van der Waals surface area contributed by atoms with Crippen molar-refractivity contribution in [3.8, 4) is 0 Å². The molecule has 0 N–H and O–H groups in total. The first kappa shape index (κ1) is 16.3. The van der Waals surface area contributed by atoms with Gasteiger partial charge in [0.15, 0.2) is 0 Å². The molecule has 124 valence electrons. The van der Waals surface area contributed by atoms with Crippen molar-refractivity contribution in [2.75, 3.05) is 11.9 Å². The van der Waals surface area contributed by atoms with Gasteiger partial charge in [-0.15, -0.1) is 0 Å². The lowest BCUT2D eigenvalue weighted by Crippen LogP contribution is -2.21. The highest BCUT2D eigenvalue weighted by Crippen LogP contribution is 2.44. The summed E-state index contributed by atoms with van der Waals surface area (Å²) < 4.78 is 0.863. The van der Waals surface area contributed by atoms with Crippen molar-refractivity contribution in [2.45, 2.75) is 6.92 Å². The lowest BCUT2D eigenvalue weighted by atomic mass is 10.1. The number of benzene rings is 2. The van der Waals surface area contributed by atoms with Gasteiger partial charge in [0.05, 0.1) is 16.2 Å². The third-order valence-electron chi connectivity index (χ3n) is 4.23. The maximum atomic E-state index is 12.7. The quantitative estimate of drug-likeness (QED) is 0.660. The van der Waals surface area contributed by atoms with E-state index in [2.05, 4.69) is 20.9 Å². The van der Waals surface area contributed by atoms with E-state index in [1.807, 2.05) is 49.4 Å². The Morgan fingerprint density at radius 2 is 1.80 bits per heavy atom. The minimum Gasteiger partial charge on any atom is -0.311 e. The highest BCUT2D eigenvalue weighted by molar-refractivity contribution is 9.10. The Kier molecular flexibility index (Phi) is 3.89. The van der Waals surface area contributed by atoms with E-state index in [4.69, 9.17) is 0 Å². The topological polar surface area (TPSA) is 49.7 Å². The SMILES string of the molecule is Cc1ccc(C2=NC(=O)C(=C3C(=O)N(C)c4ccc(Br)cc43)S2)cc1. The van der Waals surface area contributed by atoms with Crippen LogP contribution in [0.2, 0.25) is 0 Å². The fourth-order valence-electron chi connectivity index (χ4n) is 2.90. The minimum atomic E-state index is -0.356. The van der Waals surface area contributed by atoms with Crippen molar-refractivity contribution >= 4 is 55.8 Å². The third-order valence-corrected chi connectivity index (χ3v) is 5.83. The molecule has 0 saturated heterocycles. The van der Waals surface area contributed by atoms with Crippen LogP contribution < -0.4 is 4.90 Å². The monoisotopic (exact) mass is 412 g/mol. The van der Waals surface area contributed by atoms with Crippen LogP contribution in [0.1, 0.15) is 16.7 Å². The van der Waals surface area contributed by atoms with Gasteiger partial charge in [-0.3, -0.25) is 9.59 Å². The molecule has 2 aliphatic heterocycles. The zero-order valence-electron chi connectivity index (χ0n) is 13.5. The summed E-state index contributed by atoms with van der Waals surface area (Å²) in [6, 6.07) is 13.5. The van der Waals surface area contributed by atoms with Crippen molar-refractivity contribution in [3.05, 3.63) is 68.5 Å². The number of carbonyl (C=O) groups excluding carboxylic acids is 2. The first-order valence-electron chi connectivity index (χ1n) is 7.66. The molecule has 0 spiro atoms. The van der Waals surface area contributed by atoms with Crippen molar-refractivity contribution in [3.63, 3.8) is 0 Å². The number of thioether (sulfide) groups is 1. The molecule has 0 atom stereocenters.